The molecule has 1 saturated carbocycles. The zero-order valence-corrected chi connectivity index (χ0v) is 12.2. The van der Waals surface area contributed by atoms with Gasteiger partial charge in [-0.15, -0.1) is 0 Å². The average molecular weight is 311 g/mol. The van der Waals surface area contributed by atoms with Crippen molar-refractivity contribution in [3.05, 3.63) is 28.2 Å². The van der Waals surface area contributed by atoms with Crippen LogP contribution in [0.15, 0.2) is 22.7 Å². The predicted molar refractivity (Wildman–Crippen MR) is 77.4 cm³/mol. The number of nitrogen functional groups attached to an aromatic ring is 1. The van der Waals surface area contributed by atoms with Crippen LogP contribution in [-0.4, -0.2) is 11.9 Å². The topological polar surface area (TPSA) is 55.1 Å². The highest BCUT2D eigenvalue weighted by molar-refractivity contribution is 9.10. The van der Waals surface area contributed by atoms with Crippen LogP contribution in [0.1, 0.15) is 43.0 Å². The first kappa shape index (κ1) is 13.4. The standard InChI is InChI=1S/C14H19BrN2O/c1-9(10-4-2-3-5-10)17-14(18)12-8-11(15)6-7-13(12)16/h6-10H,2-5,16H2,1H3,(H,17,18)/t9-/m0/s1. The van der Waals surface area contributed by atoms with E-state index < -0.39 is 0 Å². The number of halogens is 1. The summed E-state index contributed by atoms with van der Waals surface area (Å²) in [6.07, 6.45) is 5.00. The van der Waals surface area contributed by atoms with E-state index in [1.807, 2.05) is 6.07 Å². The lowest BCUT2D eigenvalue weighted by atomic mass is 9.99. The molecule has 0 unspecified atom stereocenters. The predicted octanol–water partition coefficient (Wildman–Crippen LogP) is 3.34. The number of hydrogen-bond acceptors (Lipinski definition) is 2. The smallest absolute Gasteiger partial charge is 0.253 e. The van der Waals surface area contributed by atoms with Crippen LogP contribution in [0.3, 0.4) is 0 Å². The molecule has 0 aliphatic heterocycles. The molecule has 1 aliphatic carbocycles. The molecule has 0 aromatic heterocycles. The lowest BCUT2D eigenvalue weighted by molar-refractivity contribution is 0.0928. The number of anilines is 1. The first-order valence-electron chi connectivity index (χ1n) is 6.44. The molecule has 3 N–H and O–H groups in total. The zero-order valence-electron chi connectivity index (χ0n) is 10.6. The monoisotopic (exact) mass is 310 g/mol. The van der Waals surface area contributed by atoms with Crippen molar-refractivity contribution in [3.8, 4) is 0 Å². The van der Waals surface area contributed by atoms with E-state index in [0.29, 0.717) is 17.2 Å². The molecule has 0 radical (unpaired) electrons. The second-order valence-electron chi connectivity index (χ2n) is 5.04. The molecule has 0 heterocycles. The van der Waals surface area contributed by atoms with Crippen molar-refractivity contribution in [2.24, 2.45) is 5.92 Å². The molecular formula is C14H19BrN2O. The Kier molecular flexibility index (Phi) is 4.27. The number of carbonyl (C=O) groups is 1. The molecule has 1 aromatic carbocycles. The highest BCUT2D eigenvalue weighted by Crippen LogP contribution is 2.28. The van der Waals surface area contributed by atoms with Gasteiger partial charge in [0.1, 0.15) is 0 Å². The minimum Gasteiger partial charge on any atom is -0.398 e. The van der Waals surface area contributed by atoms with Crippen molar-refractivity contribution in [3.63, 3.8) is 0 Å². The van der Waals surface area contributed by atoms with Gasteiger partial charge in [-0.25, -0.2) is 0 Å². The molecule has 2 rings (SSSR count). The Bertz CT molecular complexity index is 441. The fourth-order valence-electron chi connectivity index (χ4n) is 2.58. The maximum absolute atomic E-state index is 12.2. The molecule has 1 fully saturated rings. The fraction of sp³-hybridized carbons (Fsp3) is 0.500. The fourth-order valence-corrected chi connectivity index (χ4v) is 2.95. The van der Waals surface area contributed by atoms with E-state index in [4.69, 9.17) is 5.73 Å². The second-order valence-corrected chi connectivity index (χ2v) is 5.95. The van der Waals surface area contributed by atoms with Crippen molar-refractivity contribution >= 4 is 27.5 Å². The summed E-state index contributed by atoms with van der Waals surface area (Å²) in [5.74, 6) is 0.538. The molecule has 1 aromatic rings. The van der Waals surface area contributed by atoms with E-state index in [2.05, 4.69) is 28.2 Å². The van der Waals surface area contributed by atoms with E-state index in [1.54, 1.807) is 12.1 Å². The Balaban J connectivity index is 2.04. The van der Waals surface area contributed by atoms with Crippen LogP contribution in [-0.2, 0) is 0 Å². The molecule has 0 saturated heterocycles. The van der Waals surface area contributed by atoms with E-state index >= 15 is 0 Å². The third-order valence-electron chi connectivity index (χ3n) is 3.73. The summed E-state index contributed by atoms with van der Waals surface area (Å²) < 4.78 is 0.871. The van der Waals surface area contributed by atoms with Gasteiger partial charge in [0.25, 0.3) is 5.91 Å². The highest BCUT2D eigenvalue weighted by atomic mass is 79.9. The van der Waals surface area contributed by atoms with Crippen molar-refractivity contribution in [2.75, 3.05) is 5.73 Å². The number of hydrogen-bond donors (Lipinski definition) is 2. The van der Waals surface area contributed by atoms with Gasteiger partial charge in [0.05, 0.1) is 5.56 Å². The first-order chi connectivity index (χ1) is 8.58. The second kappa shape index (κ2) is 5.74. The van der Waals surface area contributed by atoms with Gasteiger partial charge in [0, 0.05) is 16.2 Å². The van der Waals surface area contributed by atoms with Gasteiger partial charge in [0.15, 0.2) is 0 Å². The van der Waals surface area contributed by atoms with Crippen LogP contribution in [0.2, 0.25) is 0 Å². The van der Waals surface area contributed by atoms with Crippen LogP contribution in [0.25, 0.3) is 0 Å². The third kappa shape index (κ3) is 3.05. The maximum atomic E-state index is 12.2. The van der Waals surface area contributed by atoms with Gasteiger partial charge in [-0.2, -0.15) is 0 Å². The average Bonchev–Trinajstić information content (AvgIpc) is 2.85. The Hall–Kier alpha value is -1.03. The summed E-state index contributed by atoms with van der Waals surface area (Å²) in [4.78, 5) is 12.2. The number of nitrogens with one attached hydrogen (secondary N) is 1. The molecule has 18 heavy (non-hydrogen) atoms. The summed E-state index contributed by atoms with van der Waals surface area (Å²) in [6.45, 7) is 2.09. The normalized spacial score (nSPS) is 17.7. The quantitative estimate of drug-likeness (QED) is 0.841. The molecule has 4 heteroatoms. The Labute approximate surface area is 116 Å². The number of amides is 1. The van der Waals surface area contributed by atoms with Crippen molar-refractivity contribution < 1.29 is 4.79 Å². The minimum atomic E-state index is -0.0757. The molecule has 0 spiro atoms. The van der Waals surface area contributed by atoms with E-state index in [0.717, 1.165) is 4.47 Å². The highest BCUT2D eigenvalue weighted by Gasteiger charge is 2.23. The summed E-state index contributed by atoms with van der Waals surface area (Å²) in [7, 11) is 0. The molecule has 0 bridgehead atoms. The van der Waals surface area contributed by atoms with Crippen molar-refractivity contribution in [1.29, 1.82) is 0 Å². The van der Waals surface area contributed by atoms with Gasteiger partial charge in [-0.1, -0.05) is 28.8 Å². The SMILES string of the molecule is C[C@H](NC(=O)c1cc(Br)ccc1N)C1CCCC1. The largest absolute Gasteiger partial charge is 0.398 e. The van der Waals surface area contributed by atoms with Crippen molar-refractivity contribution in [2.45, 2.75) is 38.6 Å². The number of rotatable bonds is 3. The molecule has 1 atom stereocenters. The van der Waals surface area contributed by atoms with Gasteiger partial charge >= 0.3 is 0 Å². The Morgan fingerprint density at radius 2 is 2.11 bits per heavy atom. The number of carbonyl (C=O) groups excluding carboxylic acids is 1. The van der Waals surface area contributed by atoms with Gasteiger partial charge in [0.2, 0.25) is 0 Å². The summed E-state index contributed by atoms with van der Waals surface area (Å²) >= 11 is 3.36. The van der Waals surface area contributed by atoms with Gasteiger partial charge in [-0.05, 0) is 43.9 Å². The third-order valence-corrected chi connectivity index (χ3v) is 4.22. The van der Waals surface area contributed by atoms with Gasteiger partial charge in [-0.3, -0.25) is 4.79 Å². The van der Waals surface area contributed by atoms with Gasteiger partial charge < -0.3 is 11.1 Å². The Morgan fingerprint density at radius 1 is 1.44 bits per heavy atom. The summed E-state index contributed by atoms with van der Waals surface area (Å²) in [6, 6.07) is 5.58. The van der Waals surface area contributed by atoms with Crippen LogP contribution in [0, 0.1) is 5.92 Å². The molecule has 1 aliphatic rings. The number of nitrogens with two attached hydrogens (primary N) is 1. The molecule has 98 valence electrons. The molecule has 1 amide bonds. The minimum absolute atomic E-state index is 0.0757. The van der Waals surface area contributed by atoms with Crippen LogP contribution in [0.5, 0.6) is 0 Å². The summed E-state index contributed by atoms with van der Waals surface area (Å²) in [5, 5.41) is 3.07. The molecular weight excluding hydrogens is 292 g/mol. The van der Waals surface area contributed by atoms with E-state index in [9.17, 15) is 4.79 Å². The first-order valence-corrected chi connectivity index (χ1v) is 7.23. The lowest BCUT2D eigenvalue weighted by Gasteiger charge is -2.20. The Morgan fingerprint density at radius 3 is 2.78 bits per heavy atom. The molecule has 3 nitrogen and oxygen atoms in total. The van der Waals surface area contributed by atoms with Crippen LogP contribution in [0.4, 0.5) is 5.69 Å². The van der Waals surface area contributed by atoms with Crippen LogP contribution < -0.4 is 11.1 Å². The summed E-state index contributed by atoms with van der Waals surface area (Å²) in [5.41, 5.74) is 6.91. The van der Waals surface area contributed by atoms with Crippen LogP contribution >= 0.6 is 15.9 Å². The lowest BCUT2D eigenvalue weighted by Crippen LogP contribution is -2.37. The van der Waals surface area contributed by atoms with E-state index in [1.165, 1.54) is 25.7 Å². The zero-order chi connectivity index (χ0) is 13.1. The number of benzene rings is 1. The van der Waals surface area contributed by atoms with E-state index in [-0.39, 0.29) is 11.9 Å². The van der Waals surface area contributed by atoms with Crippen molar-refractivity contribution in [1.82, 2.24) is 5.32 Å². The maximum Gasteiger partial charge on any atom is 0.253 e.